The van der Waals surface area contributed by atoms with Crippen molar-refractivity contribution >= 4 is 17.9 Å². The van der Waals surface area contributed by atoms with Crippen molar-refractivity contribution in [2.24, 2.45) is 0 Å². The fourth-order valence-corrected chi connectivity index (χ4v) is 1.99. The summed E-state index contributed by atoms with van der Waals surface area (Å²) in [5.74, 6) is -5.93. The minimum absolute atomic E-state index is 0. The molecule has 15 N–H and O–H groups in total. The Kier molecular flexibility index (Phi) is 26.0. The first kappa shape index (κ1) is 45.3. The van der Waals surface area contributed by atoms with Crippen molar-refractivity contribution in [2.45, 2.75) is 73.2 Å². The van der Waals surface area contributed by atoms with Gasteiger partial charge in [-0.25, -0.2) is 0 Å². The Labute approximate surface area is 235 Å². The molecule has 0 aromatic heterocycles. The van der Waals surface area contributed by atoms with Crippen LogP contribution in [0, 0.1) is 0 Å². The number of aliphatic hydroxyl groups excluding tert-OH is 15. The number of carbonyl (C=O) groups is 3. The van der Waals surface area contributed by atoms with E-state index in [1.807, 2.05) is 0 Å². The van der Waals surface area contributed by atoms with Crippen LogP contribution in [0.1, 0.15) is 0 Å². The first-order valence-corrected chi connectivity index (χ1v) is 10.4. The Bertz CT molecular complexity index is 608. The quantitative estimate of drug-likeness (QED) is 0.0792. The summed E-state index contributed by atoms with van der Waals surface area (Å²) >= 11 is 0. The van der Waals surface area contributed by atoms with E-state index in [9.17, 15) is 29.7 Å². The van der Waals surface area contributed by atoms with Crippen molar-refractivity contribution in [3.63, 3.8) is 0 Å². The average Bonchev–Trinajstić information content (AvgIpc) is 2.92. The van der Waals surface area contributed by atoms with Crippen LogP contribution in [0.15, 0.2) is 0 Å². The van der Waals surface area contributed by atoms with Crippen molar-refractivity contribution in [3.05, 3.63) is 0 Å². The first-order valence-electron chi connectivity index (χ1n) is 10.4. The molecule has 0 amide bonds. The zero-order valence-corrected chi connectivity index (χ0v) is 21.4. The van der Waals surface area contributed by atoms with Crippen LogP contribution in [0.2, 0.25) is 0 Å². The molecule has 0 saturated heterocycles. The van der Waals surface area contributed by atoms with Gasteiger partial charge in [0.25, 0.3) is 0 Å². The molecule has 0 aliphatic heterocycles. The number of carbonyl (C=O) groups excluding carboxylic acids is 3. The van der Waals surface area contributed by atoms with Gasteiger partial charge in [-0.1, -0.05) is 0 Å². The van der Waals surface area contributed by atoms with Crippen LogP contribution in [-0.2, 0) is 31.7 Å². The van der Waals surface area contributed by atoms with Gasteiger partial charge in [0.1, 0.15) is 73.2 Å². The van der Waals surface area contributed by atoms with Crippen molar-refractivity contribution in [3.8, 4) is 0 Å². The molecule has 22 heteroatoms. The first-order chi connectivity index (χ1) is 17.7. The Morgan fingerprint density at radius 2 is 0.550 bits per heavy atom. The van der Waals surface area contributed by atoms with Crippen molar-refractivity contribution in [1.29, 1.82) is 0 Å². The molecule has 0 unspecified atom stereocenters. The van der Waals surface area contributed by atoms with Crippen LogP contribution >= 0.6 is 0 Å². The molecule has 0 aromatic carbocycles. The summed E-state index contributed by atoms with van der Waals surface area (Å²) in [4.78, 5) is 29.9. The van der Waals surface area contributed by atoms with E-state index in [0.717, 1.165) is 0 Å². The van der Waals surface area contributed by atoms with Gasteiger partial charge >= 0.3 is 17.4 Å². The van der Waals surface area contributed by atoms with Gasteiger partial charge < -0.3 is 106 Å². The van der Waals surface area contributed by atoms with Crippen LogP contribution in [0.3, 0.4) is 0 Å². The van der Waals surface area contributed by atoms with E-state index in [1.165, 1.54) is 0 Å². The van der Waals surface area contributed by atoms with Crippen molar-refractivity contribution in [1.82, 2.24) is 0 Å². The van der Waals surface area contributed by atoms with E-state index in [4.69, 9.17) is 76.6 Å². The standard InChI is InChI=1S/3C6H12O7.Cr/c3*7-1-2(8)3(9)4(10)5(11)6(12)13;/h3*2-5,7-11H,1H2,(H,12,13);/q;;;+3/p-3/t3*2-,3-,4+,5-;/m000./s1. The maximum absolute atomic E-state index is 9.98. The fourth-order valence-electron chi connectivity index (χ4n) is 1.99. The molecule has 0 heterocycles. The summed E-state index contributed by atoms with van der Waals surface area (Å²) in [5.41, 5.74) is 0. The van der Waals surface area contributed by atoms with E-state index in [1.54, 1.807) is 0 Å². The van der Waals surface area contributed by atoms with Crippen LogP contribution in [0.5, 0.6) is 0 Å². The molecule has 40 heavy (non-hydrogen) atoms. The fraction of sp³-hybridized carbons (Fsp3) is 0.833. The van der Waals surface area contributed by atoms with Gasteiger partial charge in [-0.15, -0.1) is 0 Å². The van der Waals surface area contributed by atoms with E-state index in [-0.39, 0.29) is 17.4 Å². The zero-order chi connectivity index (χ0) is 31.8. The van der Waals surface area contributed by atoms with E-state index < -0.39 is 111 Å². The molecule has 0 rings (SSSR count). The van der Waals surface area contributed by atoms with E-state index in [2.05, 4.69) is 0 Å². The minimum Gasteiger partial charge on any atom is -0.547 e. The molecule has 0 aromatic rings. The Hall–Kier alpha value is -1.66. The molecule has 237 valence electrons. The predicted molar refractivity (Wildman–Crippen MR) is 108 cm³/mol. The van der Waals surface area contributed by atoms with Crippen LogP contribution in [0.4, 0.5) is 0 Å². The molecule has 0 bridgehead atoms. The summed E-state index contributed by atoms with van der Waals surface area (Å²) in [5, 5.41) is 160. The average molecular weight is 637 g/mol. The van der Waals surface area contributed by atoms with Crippen LogP contribution in [0.25, 0.3) is 0 Å². The number of rotatable bonds is 15. The molecule has 1 radical (unpaired) electrons. The molecular formula is C18H33CrO21. The summed E-state index contributed by atoms with van der Waals surface area (Å²) < 4.78 is 0. The number of hydrogen-bond donors (Lipinski definition) is 15. The number of aliphatic hydroxyl groups is 15. The van der Waals surface area contributed by atoms with Crippen molar-refractivity contribution in [2.75, 3.05) is 19.8 Å². The molecular weight excluding hydrogens is 604 g/mol. The third kappa shape index (κ3) is 16.6. The van der Waals surface area contributed by atoms with Crippen LogP contribution < -0.4 is 15.3 Å². The summed E-state index contributed by atoms with van der Waals surface area (Å²) in [7, 11) is 0. The Morgan fingerprint density at radius 1 is 0.400 bits per heavy atom. The number of carboxylic acids is 3. The van der Waals surface area contributed by atoms with Gasteiger partial charge in [-0.3, -0.25) is 0 Å². The zero-order valence-electron chi connectivity index (χ0n) is 20.1. The van der Waals surface area contributed by atoms with Crippen molar-refractivity contribution < 1.29 is 124 Å². The third-order valence-electron chi connectivity index (χ3n) is 4.49. The Morgan fingerprint density at radius 3 is 0.650 bits per heavy atom. The smallest absolute Gasteiger partial charge is 0.547 e. The molecule has 0 aliphatic rings. The molecule has 0 spiro atoms. The monoisotopic (exact) mass is 637 g/mol. The van der Waals surface area contributed by atoms with Gasteiger partial charge in [0.05, 0.1) is 37.7 Å². The largest absolute Gasteiger partial charge is 3.00 e. The topological polar surface area (TPSA) is 424 Å². The second kappa shape index (κ2) is 23.0. The normalized spacial score (nSPS) is 19.9. The second-order valence-corrected chi connectivity index (χ2v) is 7.48. The molecule has 0 aliphatic carbocycles. The van der Waals surface area contributed by atoms with E-state index in [0.29, 0.717) is 0 Å². The minimum atomic E-state index is -2.31. The molecule has 0 fully saturated rings. The maximum atomic E-state index is 9.98. The van der Waals surface area contributed by atoms with Gasteiger partial charge in [-0.05, 0) is 0 Å². The predicted octanol–water partition coefficient (Wildman–Crippen LogP) is -14.5. The Balaban J connectivity index is -0.000000240. The van der Waals surface area contributed by atoms with Crippen LogP contribution in [-0.4, -0.2) is 188 Å². The molecule has 0 saturated carbocycles. The third-order valence-corrected chi connectivity index (χ3v) is 4.49. The van der Waals surface area contributed by atoms with Gasteiger partial charge in [0.15, 0.2) is 0 Å². The number of hydrogen-bond acceptors (Lipinski definition) is 21. The van der Waals surface area contributed by atoms with Gasteiger partial charge in [0, 0.05) is 0 Å². The summed E-state index contributed by atoms with van der Waals surface area (Å²) in [6, 6.07) is 0. The van der Waals surface area contributed by atoms with Gasteiger partial charge in [-0.2, -0.15) is 0 Å². The molecule has 12 atom stereocenters. The maximum Gasteiger partial charge on any atom is 3.00 e. The summed E-state index contributed by atoms with van der Waals surface area (Å²) in [6.45, 7) is -2.59. The van der Waals surface area contributed by atoms with E-state index >= 15 is 0 Å². The second-order valence-electron chi connectivity index (χ2n) is 7.48. The van der Waals surface area contributed by atoms with Gasteiger partial charge in [0.2, 0.25) is 0 Å². The number of carboxylic acid groups (broad SMARTS) is 3. The SMILES string of the molecule is O=C([O-])[C@@H](O)[C@H](O)[C@@H](O)[C@@H](O)CO.O=C([O-])[C@@H](O)[C@H](O)[C@@H](O)[C@@H](O)CO.O=C([O-])[C@@H](O)[C@H](O)[C@@H](O)[C@@H](O)CO.[Cr+3]. The summed E-state index contributed by atoms with van der Waals surface area (Å²) in [6.07, 6.45) is -24.2. The molecule has 21 nitrogen and oxygen atoms in total. The number of aliphatic carboxylic acids is 3.